The van der Waals surface area contributed by atoms with E-state index < -0.39 is 23.8 Å². The van der Waals surface area contributed by atoms with Crippen molar-refractivity contribution in [3.05, 3.63) is 70.8 Å². The van der Waals surface area contributed by atoms with Crippen molar-refractivity contribution in [3.8, 4) is 12.1 Å². The van der Waals surface area contributed by atoms with Crippen LogP contribution in [-0.2, 0) is 9.59 Å². The lowest BCUT2D eigenvalue weighted by Gasteiger charge is -2.21. The maximum absolute atomic E-state index is 11.7. The Morgan fingerprint density at radius 1 is 0.708 bits per heavy atom. The van der Waals surface area contributed by atoms with E-state index in [0.29, 0.717) is 22.3 Å². The van der Waals surface area contributed by atoms with Crippen LogP contribution in [0.3, 0.4) is 0 Å². The number of benzene rings is 2. The number of rotatable bonds is 5. The number of carboxylic acid groups (broad SMARTS) is 2. The van der Waals surface area contributed by atoms with Gasteiger partial charge in [0.05, 0.1) is 35.1 Å². The zero-order valence-electron chi connectivity index (χ0n) is 12.4. The number of hydrogen-bond donors (Lipinski definition) is 2. The second-order valence-corrected chi connectivity index (χ2v) is 5.10. The predicted molar refractivity (Wildman–Crippen MR) is 83.1 cm³/mol. The molecule has 0 spiro atoms. The summed E-state index contributed by atoms with van der Waals surface area (Å²) >= 11 is 0. The molecule has 2 unspecified atom stereocenters. The molecule has 0 heterocycles. The molecule has 6 heteroatoms. The number of carboxylic acids is 2. The zero-order valence-corrected chi connectivity index (χ0v) is 12.4. The molecule has 0 aliphatic rings. The van der Waals surface area contributed by atoms with Crippen LogP contribution in [0.15, 0.2) is 48.5 Å². The summed E-state index contributed by atoms with van der Waals surface area (Å²) in [4.78, 5) is 23.4. The van der Waals surface area contributed by atoms with Crippen molar-refractivity contribution in [1.29, 1.82) is 10.5 Å². The van der Waals surface area contributed by atoms with Crippen molar-refractivity contribution < 1.29 is 19.8 Å². The summed E-state index contributed by atoms with van der Waals surface area (Å²) in [5, 5.41) is 36.7. The average molecular weight is 320 g/mol. The average Bonchev–Trinajstić information content (AvgIpc) is 2.59. The molecule has 0 fully saturated rings. The van der Waals surface area contributed by atoms with E-state index in [2.05, 4.69) is 0 Å². The van der Waals surface area contributed by atoms with E-state index in [-0.39, 0.29) is 0 Å². The molecular weight excluding hydrogens is 308 g/mol. The third-order valence-electron chi connectivity index (χ3n) is 3.66. The molecule has 118 valence electrons. The number of nitriles is 2. The van der Waals surface area contributed by atoms with Crippen LogP contribution in [0.5, 0.6) is 0 Å². The van der Waals surface area contributed by atoms with Crippen LogP contribution in [0.2, 0.25) is 0 Å². The normalized spacial score (nSPS) is 12.4. The molecule has 0 saturated heterocycles. The Balaban J connectivity index is 2.51. The highest BCUT2D eigenvalue weighted by Crippen LogP contribution is 2.34. The van der Waals surface area contributed by atoms with Crippen molar-refractivity contribution in [2.75, 3.05) is 0 Å². The molecule has 2 atom stereocenters. The van der Waals surface area contributed by atoms with Gasteiger partial charge in [-0.3, -0.25) is 9.59 Å². The topological polar surface area (TPSA) is 122 Å². The van der Waals surface area contributed by atoms with Gasteiger partial charge in [-0.1, -0.05) is 24.3 Å². The molecular formula is C18H12N2O4. The molecule has 2 rings (SSSR count). The van der Waals surface area contributed by atoms with E-state index in [1.165, 1.54) is 48.5 Å². The van der Waals surface area contributed by atoms with E-state index in [4.69, 9.17) is 10.5 Å². The highest BCUT2D eigenvalue weighted by molar-refractivity contribution is 5.88. The van der Waals surface area contributed by atoms with Crippen molar-refractivity contribution >= 4 is 11.9 Å². The van der Waals surface area contributed by atoms with Crippen LogP contribution < -0.4 is 0 Å². The molecule has 2 N–H and O–H groups in total. The Bertz CT molecular complexity index is 769. The summed E-state index contributed by atoms with van der Waals surface area (Å²) in [6, 6.07) is 15.4. The van der Waals surface area contributed by atoms with Crippen molar-refractivity contribution in [1.82, 2.24) is 0 Å². The molecule has 6 nitrogen and oxygen atoms in total. The minimum Gasteiger partial charge on any atom is -0.481 e. The monoisotopic (exact) mass is 320 g/mol. The van der Waals surface area contributed by atoms with Gasteiger partial charge in [-0.25, -0.2) is 0 Å². The van der Waals surface area contributed by atoms with E-state index in [1.807, 2.05) is 12.1 Å². The van der Waals surface area contributed by atoms with Gasteiger partial charge in [0.15, 0.2) is 0 Å². The van der Waals surface area contributed by atoms with Crippen LogP contribution in [0.4, 0.5) is 0 Å². The van der Waals surface area contributed by atoms with Gasteiger partial charge in [0.25, 0.3) is 0 Å². The summed E-state index contributed by atoms with van der Waals surface area (Å²) in [6.07, 6.45) is 0. The summed E-state index contributed by atoms with van der Waals surface area (Å²) in [5.74, 6) is -5.20. The molecule has 2 aromatic rings. The third-order valence-corrected chi connectivity index (χ3v) is 3.66. The molecule has 0 aromatic heterocycles. The molecule has 24 heavy (non-hydrogen) atoms. The Labute approximate surface area is 137 Å². The molecule has 0 aliphatic carbocycles. The number of nitrogens with zero attached hydrogens (tertiary/aromatic N) is 2. The quantitative estimate of drug-likeness (QED) is 0.872. The highest BCUT2D eigenvalue weighted by atomic mass is 16.4. The van der Waals surface area contributed by atoms with Gasteiger partial charge in [0.1, 0.15) is 0 Å². The maximum Gasteiger partial charge on any atom is 0.312 e. The van der Waals surface area contributed by atoms with E-state index >= 15 is 0 Å². The fourth-order valence-corrected chi connectivity index (χ4v) is 2.49. The molecule has 0 bridgehead atoms. The van der Waals surface area contributed by atoms with E-state index in [1.54, 1.807) is 0 Å². The first kappa shape index (κ1) is 16.7. The fourth-order valence-electron chi connectivity index (χ4n) is 2.49. The first-order chi connectivity index (χ1) is 11.5. The highest BCUT2D eigenvalue weighted by Gasteiger charge is 2.36. The largest absolute Gasteiger partial charge is 0.481 e. The van der Waals surface area contributed by atoms with Crippen molar-refractivity contribution in [2.45, 2.75) is 11.8 Å². The van der Waals surface area contributed by atoms with Crippen LogP contribution in [0.25, 0.3) is 0 Å². The van der Waals surface area contributed by atoms with Gasteiger partial charge in [0.2, 0.25) is 0 Å². The zero-order chi connectivity index (χ0) is 17.7. The second-order valence-electron chi connectivity index (χ2n) is 5.10. The number of aliphatic carboxylic acids is 2. The molecule has 0 saturated carbocycles. The fraction of sp³-hybridized carbons (Fsp3) is 0.111. The van der Waals surface area contributed by atoms with Crippen LogP contribution in [0.1, 0.15) is 34.1 Å². The van der Waals surface area contributed by atoms with Crippen LogP contribution in [0, 0.1) is 22.7 Å². The van der Waals surface area contributed by atoms with Gasteiger partial charge in [-0.15, -0.1) is 0 Å². The summed E-state index contributed by atoms with van der Waals surface area (Å²) in [6.45, 7) is 0. The molecule has 0 aliphatic heterocycles. The number of hydrogen-bond acceptors (Lipinski definition) is 4. The lowest BCUT2D eigenvalue weighted by Crippen LogP contribution is -2.26. The Morgan fingerprint density at radius 2 is 1.00 bits per heavy atom. The minimum absolute atomic E-state index is 0.290. The Hall–Kier alpha value is -3.64. The Kier molecular flexibility index (Phi) is 4.93. The first-order valence-electron chi connectivity index (χ1n) is 6.93. The summed E-state index contributed by atoms with van der Waals surface area (Å²) in [5.41, 5.74) is 1.29. The lowest BCUT2D eigenvalue weighted by molar-refractivity contribution is -0.147. The van der Waals surface area contributed by atoms with Crippen molar-refractivity contribution in [2.24, 2.45) is 0 Å². The summed E-state index contributed by atoms with van der Waals surface area (Å²) < 4.78 is 0. The van der Waals surface area contributed by atoms with Gasteiger partial charge in [0, 0.05) is 0 Å². The van der Waals surface area contributed by atoms with Gasteiger partial charge < -0.3 is 10.2 Å². The van der Waals surface area contributed by atoms with Gasteiger partial charge in [-0.2, -0.15) is 10.5 Å². The van der Waals surface area contributed by atoms with Crippen LogP contribution in [-0.4, -0.2) is 22.2 Å². The van der Waals surface area contributed by atoms with Gasteiger partial charge in [-0.05, 0) is 35.4 Å². The molecule has 0 amide bonds. The minimum atomic E-state index is -1.32. The smallest absolute Gasteiger partial charge is 0.312 e. The predicted octanol–water partition coefficient (Wildman–Crippen LogP) is 2.47. The van der Waals surface area contributed by atoms with E-state index in [0.717, 1.165) is 0 Å². The van der Waals surface area contributed by atoms with Gasteiger partial charge >= 0.3 is 11.9 Å². The SMILES string of the molecule is N#Cc1ccc(C(C(=O)O)C(C(=O)O)c2ccc(C#N)cc2)cc1. The van der Waals surface area contributed by atoms with Crippen LogP contribution >= 0.6 is 0 Å². The second kappa shape index (κ2) is 7.08. The van der Waals surface area contributed by atoms with Crippen molar-refractivity contribution in [3.63, 3.8) is 0 Å². The molecule has 2 aromatic carbocycles. The lowest BCUT2D eigenvalue weighted by atomic mass is 9.81. The third kappa shape index (κ3) is 3.40. The molecule has 0 radical (unpaired) electrons. The number of carbonyl (C=O) groups is 2. The maximum atomic E-state index is 11.7. The first-order valence-corrected chi connectivity index (χ1v) is 6.93. The summed E-state index contributed by atoms with van der Waals surface area (Å²) in [7, 11) is 0. The van der Waals surface area contributed by atoms with E-state index in [9.17, 15) is 19.8 Å². The standard InChI is InChI=1S/C18H12N2O4/c19-9-11-1-5-13(6-2-11)15(17(21)22)16(18(23)24)14-7-3-12(10-20)4-8-14/h1-8,15-16H,(H,21,22)(H,23,24). The Morgan fingerprint density at radius 3 is 1.21 bits per heavy atom.